The Balaban J connectivity index is 1.89. The maximum Gasteiger partial charge on any atom is 0.227 e. The monoisotopic (exact) mass is 294 g/mol. The van der Waals surface area contributed by atoms with Crippen molar-refractivity contribution in [1.82, 2.24) is 10.3 Å². The van der Waals surface area contributed by atoms with Gasteiger partial charge in [-0.15, -0.1) is 0 Å². The lowest BCUT2D eigenvalue weighted by molar-refractivity contribution is -0.119. The fourth-order valence-corrected chi connectivity index (χ4v) is 2.30. The second kappa shape index (κ2) is 5.64. The van der Waals surface area contributed by atoms with Crippen LogP contribution in [-0.4, -0.2) is 10.9 Å². The summed E-state index contributed by atoms with van der Waals surface area (Å²) in [5, 5.41) is 2.78. The third-order valence-corrected chi connectivity index (χ3v) is 3.75. The molecule has 0 fully saturated rings. The second-order valence-electron chi connectivity index (χ2n) is 5.53. The Bertz CT molecular complexity index is 793. The molecule has 1 N–H and O–H groups in total. The average molecular weight is 294 g/mol. The van der Waals surface area contributed by atoms with Crippen LogP contribution < -0.4 is 5.32 Å². The molecule has 0 unspecified atom stereocenters. The molecule has 3 aromatic rings. The SMILES string of the molecule is CC(=O)NCc1ccc(-c2nc3cc(C)c(C)cc3o2)cc1. The van der Waals surface area contributed by atoms with E-state index in [1.165, 1.54) is 18.1 Å². The first-order chi connectivity index (χ1) is 10.5. The van der Waals surface area contributed by atoms with Crippen molar-refractivity contribution in [3.05, 3.63) is 53.1 Å². The molecule has 2 aromatic carbocycles. The van der Waals surface area contributed by atoms with E-state index in [0.717, 1.165) is 22.2 Å². The van der Waals surface area contributed by atoms with Gasteiger partial charge in [-0.1, -0.05) is 12.1 Å². The Labute approximate surface area is 129 Å². The van der Waals surface area contributed by atoms with E-state index in [-0.39, 0.29) is 5.91 Å². The van der Waals surface area contributed by atoms with Crippen LogP contribution in [0.2, 0.25) is 0 Å². The number of hydrogen-bond donors (Lipinski definition) is 1. The maximum atomic E-state index is 10.9. The predicted molar refractivity (Wildman–Crippen MR) is 86.4 cm³/mol. The van der Waals surface area contributed by atoms with Crippen LogP contribution in [0.4, 0.5) is 0 Å². The molecular weight excluding hydrogens is 276 g/mol. The summed E-state index contributed by atoms with van der Waals surface area (Å²) in [6.07, 6.45) is 0. The van der Waals surface area contributed by atoms with Crippen molar-refractivity contribution in [2.45, 2.75) is 27.3 Å². The number of amides is 1. The molecular formula is C18H18N2O2. The van der Waals surface area contributed by atoms with Gasteiger partial charge < -0.3 is 9.73 Å². The Morgan fingerprint density at radius 3 is 2.50 bits per heavy atom. The number of rotatable bonds is 3. The largest absolute Gasteiger partial charge is 0.436 e. The number of oxazole rings is 1. The van der Waals surface area contributed by atoms with Crippen molar-refractivity contribution in [3.8, 4) is 11.5 Å². The highest BCUT2D eigenvalue weighted by Gasteiger charge is 2.09. The van der Waals surface area contributed by atoms with Crippen LogP contribution in [0, 0.1) is 13.8 Å². The topological polar surface area (TPSA) is 55.1 Å². The predicted octanol–water partition coefficient (Wildman–Crippen LogP) is 3.75. The lowest BCUT2D eigenvalue weighted by atomic mass is 10.1. The molecule has 0 aliphatic carbocycles. The van der Waals surface area contributed by atoms with Crippen molar-refractivity contribution >= 4 is 17.0 Å². The van der Waals surface area contributed by atoms with E-state index < -0.39 is 0 Å². The summed E-state index contributed by atoms with van der Waals surface area (Å²) in [5.41, 5.74) is 6.06. The number of aryl methyl sites for hydroxylation is 2. The minimum Gasteiger partial charge on any atom is -0.436 e. The lowest BCUT2D eigenvalue weighted by Crippen LogP contribution is -2.18. The number of nitrogens with one attached hydrogen (secondary N) is 1. The van der Waals surface area contributed by atoms with Crippen LogP contribution >= 0.6 is 0 Å². The molecule has 0 radical (unpaired) electrons. The summed E-state index contributed by atoms with van der Waals surface area (Å²) >= 11 is 0. The molecule has 0 saturated carbocycles. The number of carbonyl (C=O) groups excluding carboxylic acids is 1. The quantitative estimate of drug-likeness (QED) is 0.800. The highest BCUT2D eigenvalue weighted by atomic mass is 16.3. The molecule has 0 aliphatic rings. The molecule has 112 valence electrons. The molecule has 0 bridgehead atoms. The van der Waals surface area contributed by atoms with Gasteiger partial charge in [0, 0.05) is 19.0 Å². The standard InChI is InChI=1S/C18H18N2O2/c1-11-8-16-17(9-12(11)2)22-18(20-16)15-6-4-14(5-7-15)10-19-13(3)21/h4-9H,10H2,1-3H3,(H,19,21). The zero-order valence-electron chi connectivity index (χ0n) is 12.9. The van der Waals surface area contributed by atoms with Crippen LogP contribution in [0.5, 0.6) is 0 Å². The van der Waals surface area contributed by atoms with Gasteiger partial charge >= 0.3 is 0 Å². The van der Waals surface area contributed by atoms with Gasteiger partial charge in [-0.25, -0.2) is 4.98 Å². The van der Waals surface area contributed by atoms with E-state index >= 15 is 0 Å². The lowest BCUT2D eigenvalue weighted by Gasteiger charge is -2.02. The summed E-state index contributed by atoms with van der Waals surface area (Å²) in [6, 6.07) is 11.9. The van der Waals surface area contributed by atoms with Crippen LogP contribution in [0.3, 0.4) is 0 Å². The van der Waals surface area contributed by atoms with Gasteiger partial charge in [0.15, 0.2) is 5.58 Å². The summed E-state index contributed by atoms with van der Waals surface area (Å²) in [4.78, 5) is 15.5. The molecule has 22 heavy (non-hydrogen) atoms. The summed E-state index contributed by atoms with van der Waals surface area (Å²) in [7, 11) is 0. The Kier molecular flexibility index (Phi) is 3.67. The molecule has 1 amide bonds. The van der Waals surface area contributed by atoms with Gasteiger partial charge in [-0.3, -0.25) is 4.79 Å². The van der Waals surface area contributed by atoms with Crippen LogP contribution in [-0.2, 0) is 11.3 Å². The number of fused-ring (bicyclic) bond motifs is 1. The van der Waals surface area contributed by atoms with Crippen LogP contribution in [0.1, 0.15) is 23.6 Å². The average Bonchev–Trinajstić information content (AvgIpc) is 2.89. The van der Waals surface area contributed by atoms with E-state index in [9.17, 15) is 4.79 Å². The van der Waals surface area contributed by atoms with E-state index in [2.05, 4.69) is 24.1 Å². The van der Waals surface area contributed by atoms with Gasteiger partial charge in [0.25, 0.3) is 0 Å². The molecule has 4 heteroatoms. The van der Waals surface area contributed by atoms with Gasteiger partial charge in [0.1, 0.15) is 5.52 Å². The summed E-state index contributed by atoms with van der Waals surface area (Å²) in [6.45, 7) is 6.17. The number of hydrogen-bond acceptors (Lipinski definition) is 3. The van der Waals surface area contributed by atoms with Crippen molar-refractivity contribution in [2.24, 2.45) is 0 Å². The zero-order chi connectivity index (χ0) is 15.7. The molecule has 0 atom stereocenters. The smallest absolute Gasteiger partial charge is 0.227 e. The van der Waals surface area contributed by atoms with E-state index in [1.807, 2.05) is 36.4 Å². The highest BCUT2D eigenvalue weighted by molar-refractivity contribution is 5.78. The first-order valence-corrected chi connectivity index (χ1v) is 7.24. The van der Waals surface area contributed by atoms with Gasteiger partial charge in [-0.2, -0.15) is 0 Å². The number of nitrogens with zero attached hydrogens (tertiary/aromatic N) is 1. The zero-order valence-corrected chi connectivity index (χ0v) is 12.9. The van der Waals surface area contributed by atoms with E-state index in [0.29, 0.717) is 12.4 Å². The fraction of sp³-hybridized carbons (Fsp3) is 0.222. The fourth-order valence-electron chi connectivity index (χ4n) is 2.30. The van der Waals surface area contributed by atoms with Crippen LogP contribution in [0.15, 0.2) is 40.8 Å². The molecule has 4 nitrogen and oxygen atoms in total. The Morgan fingerprint density at radius 1 is 1.14 bits per heavy atom. The summed E-state index contributed by atoms with van der Waals surface area (Å²) < 4.78 is 5.85. The minimum absolute atomic E-state index is 0.0335. The minimum atomic E-state index is -0.0335. The van der Waals surface area contributed by atoms with Crippen molar-refractivity contribution in [2.75, 3.05) is 0 Å². The molecule has 0 spiro atoms. The van der Waals surface area contributed by atoms with E-state index in [4.69, 9.17) is 4.42 Å². The number of aromatic nitrogens is 1. The van der Waals surface area contributed by atoms with Crippen molar-refractivity contribution in [3.63, 3.8) is 0 Å². The van der Waals surface area contributed by atoms with Gasteiger partial charge in [0.05, 0.1) is 0 Å². The highest BCUT2D eigenvalue weighted by Crippen LogP contribution is 2.26. The Morgan fingerprint density at radius 2 is 1.82 bits per heavy atom. The first kappa shape index (κ1) is 14.3. The second-order valence-corrected chi connectivity index (χ2v) is 5.53. The van der Waals surface area contributed by atoms with Crippen molar-refractivity contribution < 1.29 is 9.21 Å². The van der Waals surface area contributed by atoms with Crippen LogP contribution in [0.25, 0.3) is 22.6 Å². The summed E-state index contributed by atoms with van der Waals surface area (Å²) in [5.74, 6) is 0.583. The first-order valence-electron chi connectivity index (χ1n) is 7.24. The molecule has 1 heterocycles. The number of benzene rings is 2. The van der Waals surface area contributed by atoms with Crippen molar-refractivity contribution in [1.29, 1.82) is 0 Å². The number of carbonyl (C=O) groups is 1. The molecule has 1 aromatic heterocycles. The van der Waals surface area contributed by atoms with E-state index in [1.54, 1.807) is 0 Å². The van der Waals surface area contributed by atoms with Gasteiger partial charge in [-0.05, 0) is 54.8 Å². The molecule has 0 aliphatic heterocycles. The molecule has 0 saturated heterocycles. The Hall–Kier alpha value is -2.62. The molecule has 3 rings (SSSR count). The van der Waals surface area contributed by atoms with Gasteiger partial charge in [0.2, 0.25) is 11.8 Å². The normalized spacial score (nSPS) is 10.9. The maximum absolute atomic E-state index is 10.9. The third kappa shape index (κ3) is 2.86. The third-order valence-electron chi connectivity index (χ3n) is 3.75.